The van der Waals surface area contributed by atoms with Crippen molar-refractivity contribution in [2.75, 3.05) is 13.7 Å². The minimum Gasteiger partial charge on any atom is -0.493 e. The van der Waals surface area contributed by atoms with Gasteiger partial charge in [0, 0.05) is 21.3 Å². The molecule has 112 valence electrons. The fourth-order valence-corrected chi connectivity index (χ4v) is 4.66. The first-order chi connectivity index (χ1) is 10.2. The van der Waals surface area contributed by atoms with E-state index in [1.54, 1.807) is 24.6 Å². The molecule has 1 atom stereocenters. The van der Waals surface area contributed by atoms with Crippen molar-refractivity contribution in [3.8, 4) is 5.75 Å². The maximum absolute atomic E-state index is 5.49. The molecule has 0 saturated carbocycles. The highest BCUT2D eigenvalue weighted by molar-refractivity contribution is 7.27. The van der Waals surface area contributed by atoms with Crippen LogP contribution in [0.2, 0.25) is 0 Å². The van der Waals surface area contributed by atoms with Gasteiger partial charge in [-0.3, -0.25) is 4.68 Å². The van der Waals surface area contributed by atoms with Gasteiger partial charge in [-0.25, -0.2) is 0 Å². The molecule has 1 N–H and O–H groups in total. The molecule has 1 unspecified atom stereocenters. The maximum Gasteiger partial charge on any atom is 0.161 e. The van der Waals surface area contributed by atoms with E-state index in [9.17, 15) is 0 Å². The van der Waals surface area contributed by atoms with Crippen molar-refractivity contribution in [2.45, 2.75) is 19.4 Å². The molecule has 0 aliphatic heterocycles. The number of rotatable bonds is 6. The smallest absolute Gasteiger partial charge is 0.161 e. The number of hydrogen-bond acceptors (Lipinski definition) is 5. The predicted octanol–water partition coefficient (Wildman–Crippen LogP) is 3.79. The van der Waals surface area contributed by atoms with Crippen molar-refractivity contribution in [3.05, 3.63) is 34.3 Å². The average molecular weight is 321 g/mol. The van der Waals surface area contributed by atoms with Crippen LogP contribution in [0.15, 0.2) is 23.7 Å². The van der Waals surface area contributed by atoms with Crippen molar-refractivity contribution >= 4 is 32.1 Å². The lowest BCUT2D eigenvalue weighted by atomic mass is 10.1. The van der Waals surface area contributed by atoms with Crippen LogP contribution in [-0.2, 0) is 7.05 Å². The molecule has 0 fully saturated rings. The van der Waals surface area contributed by atoms with Gasteiger partial charge in [0.25, 0.3) is 0 Å². The summed E-state index contributed by atoms with van der Waals surface area (Å²) in [5.41, 5.74) is 1.08. The molecule has 0 spiro atoms. The van der Waals surface area contributed by atoms with Crippen LogP contribution in [0.5, 0.6) is 5.75 Å². The summed E-state index contributed by atoms with van der Waals surface area (Å²) in [5, 5.41) is 10.1. The van der Waals surface area contributed by atoms with E-state index in [1.165, 1.54) is 14.3 Å². The molecule has 3 aromatic rings. The Morgan fingerprint density at radius 3 is 3.00 bits per heavy atom. The normalized spacial score (nSPS) is 12.9. The summed E-state index contributed by atoms with van der Waals surface area (Å²) < 4.78 is 10.1. The van der Waals surface area contributed by atoms with Gasteiger partial charge >= 0.3 is 0 Å². The molecule has 4 nitrogen and oxygen atoms in total. The van der Waals surface area contributed by atoms with Crippen LogP contribution < -0.4 is 10.1 Å². The van der Waals surface area contributed by atoms with Crippen LogP contribution in [-0.4, -0.2) is 23.4 Å². The van der Waals surface area contributed by atoms with E-state index >= 15 is 0 Å². The lowest BCUT2D eigenvalue weighted by molar-refractivity contribution is 0.401. The molecule has 21 heavy (non-hydrogen) atoms. The average Bonchev–Trinajstić information content (AvgIpc) is 3.14. The van der Waals surface area contributed by atoms with Gasteiger partial charge in [-0.15, -0.1) is 22.7 Å². The van der Waals surface area contributed by atoms with E-state index in [4.69, 9.17) is 4.74 Å². The molecular weight excluding hydrogens is 302 g/mol. The van der Waals surface area contributed by atoms with Crippen LogP contribution in [0.4, 0.5) is 0 Å². The Morgan fingerprint density at radius 1 is 1.43 bits per heavy atom. The molecule has 3 heterocycles. The molecule has 0 aliphatic carbocycles. The van der Waals surface area contributed by atoms with Gasteiger partial charge < -0.3 is 10.1 Å². The highest BCUT2D eigenvalue weighted by atomic mass is 32.1. The quantitative estimate of drug-likeness (QED) is 0.751. The third kappa shape index (κ3) is 2.71. The topological polar surface area (TPSA) is 39.1 Å². The Hall–Kier alpha value is -1.37. The third-order valence-electron chi connectivity index (χ3n) is 3.48. The standard InChI is InChI=1S/C15H19N3OS2/c1-4-6-16-14(15-10(19-3)9-17-18(15)2)13-8-12-11(21-13)5-7-20-12/h5,7-9,14,16H,4,6H2,1-3H3. The SMILES string of the molecule is CCCNC(c1cc2sccc2s1)c1c(OC)cnn1C. The first-order valence-corrected chi connectivity index (χ1v) is 8.70. The minimum atomic E-state index is 0.122. The van der Waals surface area contributed by atoms with Crippen molar-refractivity contribution in [3.63, 3.8) is 0 Å². The Kier molecular flexibility index (Phi) is 4.28. The lowest BCUT2D eigenvalue weighted by Crippen LogP contribution is -2.25. The molecule has 0 saturated heterocycles. The predicted molar refractivity (Wildman–Crippen MR) is 89.6 cm³/mol. The van der Waals surface area contributed by atoms with E-state index in [-0.39, 0.29) is 6.04 Å². The monoisotopic (exact) mass is 321 g/mol. The molecule has 3 rings (SSSR count). The second-order valence-corrected chi connectivity index (χ2v) is 6.97. The molecule has 0 aromatic carbocycles. The Bertz CT molecular complexity index is 700. The third-order valence-corrected chi connectivity index (χ3v) is 5.64. The number of nitrogens with one attached hydrogen (secondary N) is 1. The number of methoxy groups -OCH3 is 1. The van der Waals surface area contributed by atoms with Crippen LogP contribution in [0.1, 0.15) is 30.0 Å². The van der Waals surface area contributed by atoms with Crippen LogP contribution in [0.3, 0.4) is 0 Å². The summed E-state index contributed by atoms with van der Waals surface area (Å²) >= 11 is 3.63. The van der Waals surface area contributed by atoms with E-state index in [1.807, 2.05) is 23.1 Å². The number of thiophene rings is 2. The number of ether oxygens (including phenoxy) is 1. The Balaban J connectivity index is 2.04. The van der Waals surface area contributed by atoms with Crippen molar-refractivity contribution < 1.29 is 4.74 Å². The number of nitrogens with zero attached hydrogens (tertiary/aromatic N) is 2. The second kappa shape index (κ2) is 6.17. The zero-order valence-corrected chi connectivity index (χ0v) is 14.1. The van der Waals surface area contributed by atoms with Crippen LogP contribution in [0, 0.1) is 0 Å². The summed E-state index contributed by atoms with van der Waals surface area (Å²) in [6.45, 7) is 3.14. The highest BCUT2D eigenvalue weighted by Crippen LogP contribution is 2.38. The summed E-state index contributed by atoms with van der Waals surface area (Å²) in [6, 6.07) is 4.59. The second-order valence-electron chi connectivity index (χ2n) is 4.91. The van der Waals surface area contributed by atoms with Crippen molar-refractivity contribution in [2.24, 2.45) is 7.05 Å². The number of hydrogen-bond donors (Lipinski definition) is 1. The fraction of sp³-hybridized carbons (Fsp3) is 0.400. The van der Waals surface area contributed by atoms with Gasteiger partial charge in [-0.1, -0.05) is 6.92 Å². The summed E-state index contributed by atoms with van der Waals surface area (Å²) in [5.74, 6) is 0.836. The molecular formula is C15H19N3OS2. The number of aromatic nitrogens is 2. The van der Waals surface area contributed by atoms with Crippen LogP contribution in [0.25, 0.3) is 9.40 Å². The highest BCUT2D eigenvalue weighted by Gasteiger charge is 2.24. The van der Waals surface area contributed by atoms with E-state index in [2.05, 4.69) is 34.9 Å². The van der Waals surface area contributed by atoms with Crippen molar-refractivity contribution in [1.29, 1.82) is 0 Å². The minimum absolute atomic E-state index is 0.122. The molecule has 3 aromatic heterocycles. The first-order valence-electron chi connectivity index (χ1n) is 7.00. The van der Waals surface area contributed by atoms with Gasteiger partial charge in [0.2, 0.25) is 0 Å². The van der Waals surface area contributed by atoms with Crippen LogP contribution >= 0.6 is 22.7 Å². The van der Waals surface area contributed by atoms with E-state index < -0.39 is 0 Å². The van der Waals surface area contributed by atoms with E-state index in [0.29, 0.717) is 0 Å². The zero-order chi connectivity index (χ0) is 14.8. The molecule has 0 bridgehead atoms. The maximum atomic E-state index is 5.49. The van der Waals surface area contributed by atoms with Gasteiger partial charge in [0.05, 0.1) is 19.3 Å². The number of fused-ring (bicyclic) bond motifs is 1. The molecule has 0 amide bonds. The van der Waals surface area contributed by atoms with Gasteiger partial charge in [0.1, 0.15) is 5.69 Å². The lowest BCUT2D eigenvalue weighted by Gasteiger charge is -2.18. The van der Waals surface area contributed by atoms with Gasteiger partial charge in [0.15, 0.2) is 5.75 Å². The zero-order valence-electron chi connectivity index (χ0n) is 12.4. The largest absolute Gasteiger partial charge is 0.493 e. The van der Waals surface area contributed by atoms with Crippen molar-refractivity contribution in [1.82, 2.24) is 15.1 Å². The first kappa shape index (κ1) is 14.6. The summed E-state index contributed by atoms with van der Waals surface area (Å²) in [6.07, 6.45) is 2.88. The fourth-order valence-electron chi connectivity index (χ4n) is 2.46. The molecule has 6 heteroatoms. The summed E-state index contributed by atoms with van der Waals surface area (Å²) in [7, 11) is 3.67. The Labute approximate surface area is 132 Å². The van der Waals surface area contributed by atoms with Gasteiger partial charge in [-0.2, -0.15) is 5.10 Å². The summed E-state index contributed by atoms with van der Waals surface area (Å²) in [4.78, 5) is 1.31. The van der Waals surface area contributed by atoms with Gasteiger partial charge in [-0.05, 0) is 30.5 Å². The van der Waals surface area contributed by atoms with E-state index in [0.717, 1.165) is 24.4 Å². The number of aryl methyl sites for hydroxylation is 1. The Morgan fingerprint density at radius 2 is 2.29 bits per heavy atom. The molecule has 0 radical (unpaired) electrons. The molecule has 0 aliphatic rings.